The number of aromatic nitrogens is 1. The molecule has 1 saturated carbocycles. The molecule has 0 bridgehead atoms. The van der Waals surface area contributed by atoms with Gasteiger partial charge in [0.1, 0.15) is 11.9 Å². The number of likely N-dealkylation sites (tertiary alicyclic amines) is 1. The number of nitrogens with one attached hydrogen (secondary N) is 1. The van der Waals surface area contributed by atoms with Gasteiger partial charge >= 0.3 is 6.03 Å². The molecule has 2 fully saturated rings. The van der Waals surface area contributed by atoms with Crippen LogP contribution in [0.3, 0.4) is 0 Å². The van der Waals surface area contributed by atoms with Gasteiger partial charge in [-0.25, -0.2) is 4.79 Å². The molecule has 6 heteroatoms. The van der Waals surface area contributed by atoms with Crippen LogP contribution in [0.15, 0.2) is 47.3 Å². The van der Waals surface area contributed by atoms with Crippen LogP contribution in [0.25, 0.3) is 0 Å². The van der Waals surface area contributed by atoms with Crippen molar-refractivity contribution >= 4 is 11.7 Å². The number of para-hydroxylation sites is 1. The first-order valence-corrected chi connectivity index (χ1v) is 8.61. The molecule has 1 N–H and O–H groups in total. The van der Waals surface area contributed by atoms with E-state index in [1.165, 1.54) is 0 Å². The van der Waals surface area contributed by atoms with Gasteiger partial charge in [-0.2, -0.15) is 0 Å². The largest absolute Gasteiger partial charge is 0.486 e. The quantitative estimate of drug-likeness (QED) is 0.932. The van der Waals surface area contributed by atoms with Gasteiger partial charge in [0.05, 0.1) is 13.1 Å². The molecule has 0 spiro atoms. The zero-order chi connectivity index (χ0) is 17.4. The van der Waals surface area contributed by atoms with E-state index < -0.39 is 0 Å². The van der Waals surface area contributed by atoms with Crippen molar-refractivity contribution in [2.45, 2.75) is 31.9 Å². The molecule has 1 saturated heterocycles. The van der Waals surface area contributed by atoms with E-state index in [1.807, 2.05) is 47.9 Å². The number of hydrogen-bond donors (Lipinski definition) is 1. The molecule has 0 atom stereocenters. The SMILES string of the molecule is Cc1cc(OC2CN(C(=O)Nc3ccccc3)C2)cc(=O)n1C1CC1. The van der Waals surface area contributed by atoms with Gasteiger partial charge in [0, 0.05) is 23.5 Å². The van der Waals surface area contributed by atoms with E-state index in [0.29, 0.717) is 24.9 Å². The van der Waals surface area contributed by atoms with E-state index in [4.69, 9.17) is 4.74 Å². The van der Waals surface area contributed by atoms with Crippen LogP contribution in [0.1, 0.15) is 24.6 Å². The highest BCUT2D eigenvalue weighted by Crippen LogP contribution is 2.35. The van der Waals surface area contributed by atoms with Gasteiger partial charge in [-0.05, 0) is 38.0 Å². The van der Waals surface area contributed by atoms with Crippen molar-refractivity contribution in [3.63, 3.8) is 0 Å². The van der Waals surface area contributed by atoms with Crippen molar-refractivity contribution in [3.05, 3.63) is 58.5 Å². The molecule has 2 aromatic rings. The van der Waals surface area contributed by atoms with Gasteiger partial charge in [0.15, 0.2) is 0 Å². The zero-order valence-corrected chi connectivity index (χ0v) is 14.1. The van der Waals surface area contributed by atoms with Crippen molar-refractivity contribution < 1.29 is 9.53 Å². The molecule has 1 aromatic heterocycles. The lowest BCUT2D eigenvalue weighted by molar-refractivity contribution is 0.0490. The summed E-state index contributed by atoms with van der Waals surface area (Å²) in [5.74, 6) is 0.590. The molecule has 6 nitrogen and oxygen atoms in total. The second-order valence-corrected chi connectivity index (χ2v) is 6.71. The summed E-state index contributed by atoms with van der Waals surface area (Å²) in [7, 11) is 0. The van der Waals surface area contributed by atoms with Crippen molar-refractivity contribution in [1.29, 1.82) is 0 Å². The number of pyridine rings is 1. The van der Waals surface area contributed by atoms with Crippen LogP contribution in [0.2, 0.25) is 0 Å². The third-order valence-corrected chi connectivity index (χ3v) is 4.61. The predicted molar refractivity (Wildman–Crippen MR) is 95.2 cm³/mol. The highest BCUT2D eigenvalue weighted by atomic mass is 16.5. The third-order valence-electron chi connectivity index (χ3n) is 4.61. The minimum atomic E-state index is -0.133. The summed E-state index contributed by atoms with van der Waals surface area (Å²) in [6.45, 7) is 2.97. The zero-order valence-electron chi connectivity index (χ0n) is 14.1. The van der Waals surface area contributed by atoms with Gasteiger partial charge in [-0.15, -0.1) is 0 Å². The summed E-state index contributed by atoms with van der Waals surface area (Å²) >= 11 is 0. The van der Waals surface area contributed by atoms with E-state index in [1.54, 1.807) is 11.0 Å². The first-order valence-electron chi connectivity index (χ1n) is 8.61. The first kappa shape index (κ1) is 15.7. The number of nitrogens with zero attached hydrogens (tertiary/aromatic N) is 2. The molecule has 2 amide bonds. The van der Waals surface area contributed by atoms with Gasteiger partial charge < -0.3 is 19.5 Å². The van der Waals surface area contributed by atoms with Crippen LogP contribution >= 0.6 is 0 Å². The molecule has 2 aliphatic rings. The number of hydrogen-bond acceptors (Lipinski definition) is 3. The fourth-order valence-corrected chi connectivity index (χ4v) is 3.15. The highest BCUT2D eigenvalue weighted by Gasteiger charge is 2.33. The Morgan fingerprint density at radius 2 is 1.88 bits per heavy atom. The van der Waals surface area contributed by atoms with Gasteiger partial charge in [0.2, 0.25) is 0 Å². The number of carbonyl (C=O) groups is 1. The Morgan fingerprint density at radius 3 is 2.52 bits per heavy atom. The number of benzene rings is 1. The predicted octanol–water partition coefficient (Wildman–Crippen LogP) is 2.79. The van der Waals surface area contributed by atoms with Gasteiger partial charge in [-0.3, -0.25) is 4.79 Å². The van der Waals surface area contributed by atoms with E-state index >= 15 is 0 Å². The number of aryl methyl sites for hydroxylation is 1. The topological polar surface area (TPSA) is 63.6 Å². The van der Waals surface area contributed by atoms with E-state index in [-0.39, 0.29) is 17.7 Å². The van der Waals surface area contributed by atoms with Crippen LogP contribution in [-0.2, 0) is 0 Å². The normalized spacial score (nSPS) is 17.1. The third kappa shape index (κ3) is 3.38. The maximum atomic E-state index is 12.2. The van der Waals surface area contributed by atoms with Crippen LogP contribution in [0.5, 0.6) is 5.75 Å². The number of carbonyl (C=O) groups excluding carboxylic acids is 1. The molecule has 1 aromatic carbocycles. The fraction of sp³-hybridized carbons (Fsp3) is 0.368. The standard InChI is InChI=1S/C19H21N3O3/c1-13-9-16(10-18(23)22(13)15-7-8-15)25-17-11-21(12-17)19(24)20-14-5-3-2-4-6-14/h2-6,9-10,15,17H,7-8,11-12H2,1H3,(H,20,24). The molecule has 2 heterocycles. The minimum absolute atomic E-state index is 0.00417. The fourth-order valence-electron chi connectivity index (χ4n) is 3.15. The lowest BCUT2D eigenvalue weighted by Gasteiger charge is -2.38. The van der Waals surface area contributed by atoms with Gasteiger partial charge in [0.25, 0.3) is 5.56 Å². The smallest absolute Gasteiger partial charge is 0.322 e. The Morgan fingerprint density at radius 1 is 1.16 bits per heavy atom. The first-order chi connectivity index (χ1) is 12.1. The molecular weight excluding hydrogens is 318 g/mol. The highest BCUT2D eigenvalue weighted by molar-refractivity contribution is 5.89. The summed E-state index contributed by atoms with van der Waals surface area (Å²) in [5, 5.41) is 2.85. The van der Waals surface area contributed by atoms with Crippen molar-refractivity contribution in [1.82, 2.24) is 9.47 Å². The van der Waals surface area contributed by atoms with Crippen LogP contribution in [0.4, 0.5) is 10.5 Å². The molecule has 130 valence electrons. The summed E-state index contributed by atoms with van der Waals surface area (Å²) < 4.78 is 7.70. The van der Waals surface area contributed by atoms with E-state index in [9.17, 15) is 9.59 Å². The van der Waals surface area contributed by atoms with Crippen LogP contribution in [0, 0.1) is 6.92 Å². The van der Waals surface area contributed by atoms with Gasteiger partial charge in [-0.1, -0.05) is 18.2 Å². The number of anilines is 1. The van der Waals surface area contributed by atoms with Crippen LogP contribution < -0.4 is 15.6 Å². The molecule has 0 radical (unpaired) electrons. The minimum Gasteiger partial charge on any atom is -0.486 e. The maximum Gasteiger partial charge on any atom is 0.322 e. The molecule has 4 rings (SSSR count). The Hall–Kier alpha value is -2.76. The summed E-state index contributed by atoms with van der Waals surface area (Å²) in [6, 6.07) is 13.1. The monoisotopic (exact) mass is 339 g/mol. The van der Waals surface area contributed by atoms with Crippen molar-refractivity contribution in [3.8, 4) is 5.75 Å². The number of urea groups is 1. The number of ether oxygens (including phenoxy) is 1. The van der Waals surface area contributed by atoms with Crippen molar-refractivity contribution in [2.75, 3.05) is 18.4 Å². The van der Waals surface area contributed by atoms with E-state index in [2.05, 4.69) is 5.32 Å². The Balaban J connectivity index is 1.32. The Labute approximate surface area is 146 Å². The molecule has 1 aliphatic carbocycles. The second-order valence-electron chi connectivity index (χ2n) is 6.71. The molecular formula is C19H21N3O3. The average molecular weight is 339 g/mol. The molecule has 1 aliphatic heterocycles. The average Bonchev–Trinajstić information content (AvgIpc) is 3.35. The number of rotatable bonds is 4. The lowest BCUT2D eigenvalue weighted by atomic mass is 10.2. The second kappa shape index (κ2) is 6.27. The van der Waals surface area contributed by atoms with E-state index in [0.717, 1.165) is 24.2 Å². The molecule has 0 unspecified atom stereocenters. The summed E-state index contributed by atoms with van der Waals surface area (Å²) in [5.41, 5.74) is 1.70. The van der Waals surface area contributed by atoms with Crippen LogP contribution in [-0.4, -0.2) is 34.7 Å². The van der Waals surface area contributed by atoms with Crippen molar-refractivity contribution in [2.24, 2.45) is 0 Å². The Kier molecular flexibility index (Phi) is 3.95. The summed E-state index contributed by atoms with van der Waals surface area (Å²) in [4.78, 5) is 26.0. The lowest BCUT2D eigenvalue weighted by Crippen LogP contribution is -2.57. The number of amides is 2. The molecule has 25 heavy (non-hydrogen) atoms. The maximum absolute atomic E-state index is 12.2. The Bertz CT molecular complexity index is 837. The summed E-state index contributed by atoms with van der Waals surface area (Å²) in [6.07, 6.45) is 2.08.